The maximum atomic E-state index is 12.4. The van der Waals surface area contributed by atoms with Crippen molar-refractivity contribution < 1.29 is 9.53 Å². The lowest BCUT2D eigenvalue weighted by Gasteiger charge is -2.46. The van der Waals surface area contributed by atoms with Crippen molar-refractivity contribution in [3.05, 3.63) is 66.0 Å². The standard InChI is InChI=1S/C34H44ClN7O2/c1-6-31(43)41(5)27(16-19-36)25-39(3)30-15-9-21-42(29-14-8-12-26-11-7-13-28(35)32(26)29)22-20-37-33(38-30)44-24-23-40(4)34(2)17-10-18-34/h6-8,11-15,20,27H,1,9-10,16-18,21-25H2,2-5H3. The summed E-state index contributed by atoms with van der Waals surface area (Å²) >= 11 is 6.68. The Balaban J connectivity index is 1.61. The van der Waals surface area contributed by atoms with E-state index in [2.05, 4.69) is 60.7 Å². The number of fused-ring (bicyclic) bond motifs is 1. The number of likely N-dealkylation sites (N-methyl/N-ethyl adjacent to an activating group) is 3. The summed E-state index contributed by atoms with van der Waals surface area (Å²) in [6.07, 6.45) is 9.69. The highest BCUT2D eigenvalue weighted by Crippen LogP contribution is 2.36. The van der Waals surface area contributed by atoms with Crippen molar-refractivity contribution >= 4 is 46.2 Å². The van der Waals surface area contributed by atoms with E-state index in [0.29, 0.717) is 43.5 Å². The van der Waals surface area contributed by atoms with E-state index in [4.69, 9.17) is 26.3 Å². The number of hydrogen-bond donors (Lipinski definition) is 0. The van der Waals surface area contributed by atoms with Crippen LogP contribution in [0, 0.1) is 11.3 Å². The molecule has 1 unspecified atom stereocenters. The Hall–Kier alpha value is -3.87. The molecule has 2 aromatic carbocycles. The third-order valence-corrected chi connectivity index (χ3v) is 9.21. The van der Waals surface area contributed by atoms with Gasteiger partial charge in [-0.15, -0.1) is 0 Å². The topological polar surface area (TPSA) is 87.8 Å². The molecular weight excluding hydrogens is 574 g/mol. The van der Waals surface area contributed by atoms with Crippen molar-refractivity contribution in [1.82, 2.24) is 14.7 Å². The first kappa shape index (κ1) is 33.0. The van der Waals surface area contributed by atoms with Crippen LogP contribution >= 0.6 is 11.6 Å². The van der Waals surface area contributed by atoms with Gasteiger partial charge >= 0.3 is 6.02 Å². The fraction of sp³-hybridized carbons (Fsp3) is 0.471. The summed E-state index contributed by atoms with van der Waals surface area (Å²) in [7, 11) is 5.74. The van der Waals surface area contributed by atoms with Crippen LogP contribution in [0.1, 0.15) is 39.0 Å². The average molecular weight is 618 g/mol. The molecule has 10 heteroatoms. The van der Waals surface area contributed by atoms with Crippen molar-refractivity contribution in [1.29, 1.82) is 5.26 Å². The van der Waals surface area contributed by atoms with Crippen LogP contribution in [0.2, 0.25) is 5.02 Å². The molecule has 4 rings (SSSR count). The number of hydrogen-bond acceptors (Lipinski definition) is 8. The third kappa shape index (κ3) is 7.99. The molecule has 234 valence electrons. The van der Waals surface area contributed by atoms with Crippen LogP contribution in [-0.4, -0.2) is 98.4 Å². The van der Waals surface area contributed by atoms with Crippen LogP contribution in [-0.2, 0) is 9.53 Å². The fourth-order valence-electron chi connectivity index (χ4n) is 5.68. The number of halogens is 1. The zero-order chi connectivity index (χ0) is 31.7. The van der Waals surface area contributed by atoms with Gasteiger partial charge in [-0.1, -0.05) is 42.4 Å². The van der Waals surface area contributed by atoms with Crippen molar-refractivity contribution in [2.24, 2.45) is 9.98 Å². The maximum Gasteiger partial charge on any atom is 0.318 e. The molecule has 44 heavy (non-hydrogen) atoms. The van der Waals surface area contributed by atoms with Crippen LogP contribution in [0.3, 0.4) is 0 Å². The molecule has 0 N–H and O–H groups in total. The zero-order valence-corrected chi connectivity index (χ0v) is 27.1. The van der Waals surface area contributed by atoms with Gasteiger partial charge in [0.2, 0.25) is 5.91 Å². The lowest BCUT2D eigenvalue weighted by molar-refractivity contribution is -0.126. The third-order valence-electron chi connectivity index (χ3n) is 8.90. The summed E-state index contributed by atoms with van der Waals surface area (Å²) in [5.41, 5.74) is 1.26. The largest absolute Gasteiger partial charge is 0.462 e. The minimum atomic E-state index is -0.346. The first-order valence-electron chi connectivity index (χ1n) is 15.2. The number of amides is 1. The minimum Gasteiger partial charge on any atom is -0.462 e. The van der Waals surface area contributed by atoms with E-state index in [1.807, 2.05) is 36.4 Å². The molecule has 1 aliphatic carbocycles. The van der Waals surface area contributed by atoms with Crippen LogP contribution in [0.5, 0.6) is 0 Å². The second-order valence-electron chi connectivity index (χ2n) is 11.8. The molecule has 1 aliphatic heterocycles. The molecule has 1 amide bonds. The first-order chi connectivity index (χ1) is 21.2. The Morgan fingerprint density at radius 1 is 1.25 bits per heavy atom. The summed E-state index contributed by atoms with van der Waals surface area (Å²) in [6.45, 7) is 8.78. The molecule has 2 aromatic rings. The summed E-state index contributed by atoms with van der Waals surface area (Å²) in [4.78, 5) is 30.0. The van der Waals surface area contributed by atoms with Gasteiger partial charge in [0.1, 0.15) is 12.4 Å². The second kappa shape index (κ2) is 15.2. The van der Waals surface area contributed by atoms with Gasteiger partial charge in [-0.3, -0.25) is 9.69 Å². The number of ether oxygens (including phenoxy) is 1. The summed E-state index contributed by atoms with van der Waals surface area (Å²) in [6, 6.07) is 14.3. The summed E-state index contributed by atoms with van der Waals surface area (Å²) in [5, 5.41) is 12.3. The molecule has 9 nitrogen and oxygen atoms in total. The molecule has 0 spiro atoms. The second-order valence-corrected chi connectivity index (χ2v) is 12.2. The highest BCUT2D eigenvalue weighted by Gasteiger charge is 2.35. The van der Waals surface area contributed by atoms with Gasteiger partial charge in [-0.25, -0.2) is 4.99 Å². The molecule has 1 saturated carbocycles. The normalized spacial score (nSPS) is 17.2. The summed E-state index contributed by atoms with van der Waals surface area (Å²) < 4.78 is 6.19. The Morgan fingerprint density at radius 2 is 2.00 bits per heavy atom. The Labute approximate surface area is 266 Å². The number of benzene rings is 2. The molecule has 1 heterocycles. The van der Waals surface area contributed by atoms with Gasteiger partial charge in [0, 0.05) is 56.6 Å². The zero-order valence-electron chi connectivity index (χ0n) is 26.4. The van der Waals surface area contributed by atoms with E-state index < -0.39 is 0 Å². The van der Waals surface area contributed by atoms with E-state index in [1.54, 1.807) is 11.9 Å². The maximum absolute atomic E-state index is 12.4. The monoisotopic (exact) mass is 617 g/mol. The number of rotatable bonds is 11. The van der Waals surface area contributed by atoms with Crippen molar-refractivity contribution in [3.8, 4) is 6.07 Å². The molecule has 1 atom stereocenters. The summed E-state index contributed by atoms with van der Waals surface area (Å²) in [5.74, 6) is 0.432. The molecule has 0 saturated heterocycles. The lowest BCUT2D eigenvalue weighted by atomic mass is 9.77. The molecule has 0 bridgehead atoms. The smallest absolute Gasteiger partial charge is 0.318 e. The molecule has 1 fully saturated rings. The number of carbonyl (C=O) groups is 1. The fourth-order valence-corrected chi connectivity index (χ4v) is 5.96. The first-order valence-corrected chi connectivity index (χ1v) is 15.6. The van der Waals surface area contributed by atoms with Crippen LogP contribution in [0.4, 0.5) is 5.69 Å². The quantitative estimate of drug-likeness (QED) is 0.300. The Morgan fingerprint density at radius 3 is 2.68 bits per heavy atom. The van der Waals surface area contributed by atoms with Crippen LogP contribution < -0.4 is 4.90 Å². The number of nitriles is 1. The van der Waals surface area contributed by atoms with Crippen molar-refractivity contribution in [2.45, 2.75) is 50.6 Å². The predicted molar refractivity (Wildman–Crippen MR) is 180 cm³/mol. The Bertz CT molecular complexity index is 1450. The van der Waals surface area contributed by atoms with Gasteiger partial charge < -0.3 is 19.4 Å². The number of anilines is 1. The lowest BCUT2D eigenvalue weighted by Crippen LogP contribution is -2.50. The number of amidine groups is 1. The van der Waals surface area contributed by atoms with E-state index in [9.17, 15) is 10.1 Å². The van der Waals surface area contributed by atoms with E-state index in [0.717, 1.165) is 23.0 Å². The van der Waals surface area contributed by atoms with E-state index >= 15 is 0 Å². The minimum absolute atomic E-state index is 0.180. The molecule has 0 radical (unpaired) electrons. The number of aliphatic imine (C=N–C) groups is 2. The Kier molecular flexibility index (Phi) is 11.4. The van der Waals surface area contributed by atoms with Gasteiger partial charge in [-0.2, -0.15) is 10.3 Å². The van der Waals surface area contributed by atoms with Gasteiger partial charge in [0.05, 0.1) is 30.1 Å². The van der Waals surface area contributed by atoms with Crippen LogP contribution in [0.25, 0.3) is 10.8 Å². The van der Waals surface area contributed by atoms with E-state index in [1.165, 1.54) is 25.3 Å². The van der Waals surface area contributed by atoms with Crippen molar-refractivity contribution in [2.75, 3.05) is 58.8 Å². The molecule has 0 aromatic heterocycles. The van der Waals surface area contributed by atoms with Crippen LogP contribution in [0.15, 0.2) is 70.9 Å². The van der Waals surface area contributed by atoms with Gasteiger partial charge in [0.15, 0.2) is 0 Å². The SMILES string of the molecule is C=CC(=O)N(C)C(CC#N)CN(C)C1=CCCN(c2cccc3cccc(Cl)c23)CC=NC(OCCN(C)C2(C)CCC2)=N1. The van der Waals surface area contributed by atoms with Gasteiger partial charge in [0.25, 0.3) is 0 Å². The van der Waals surface area contributed by atoms with Gasteiger partial charge in [-0.05, 0) is 69.3 Å². The number of carbonyl (C=O) groups excluding carboxylic acids is 1. The highest BCUT2D eigenvalue weighted by molar-refractivity contribution is 6.36. The average Bonchev–Trinajstić information content (AvgIpc) is 3.01. The van der Waals surface area contributed by atoms with E-state index in [-0.39, 0.29) is 29.9 Å². The predicted octanol–water partition coefficient (Wildman–Crippen LogP) is 5.72. The molecular formula is C34H44ClN7O2. The highest BCUT2D eigenvalue weighted by atomic mass is 35.5. The van der Waals surface area contributed by atoms with Crippen molar-refractivity contribution in [3.63, 3.8) is 0 Å². The molecule has 2 aliphatic rings. The number of nitrogens with zero attached hydrogens (tertiary/aromatic N) is 7.